The largest absolute Gasteiger partial charge is 0.370 e. The van der Waals surface area contributed by atoms with Crippen LogP contribution in [0.3, 0.4) is 0 Å². The van der Waals surface area contributed by atoms with Gasteiger partial charge in [0, 0.05) is 43.0 Å². The van der Waals surface area contributed by atoms with Gasteiger partial charge < -0.3 is 15.5 Å². The molecular weight excluding hydrogens is 294 g/mol. The monoisotopic (exact) mass is 319 g/mol. The predicted octanol–water partition coefficient (Wildman–Crippen LogP) is 2.19. The lowest BCUT2D eigenvalue weighted by Crippen LogP contribution is -2.38. The highest BCUT2D eigenvalue weighted by Crippen LogP contribution is 2.23. The topological polar surface area (TPSA) is 45.1 Å². The molecule has 2 unspecified atom stereocenters. The molecule has 3 rings (SSSR count). The molecule has 120 valence electrons. The summed E-state index contributed by atoms with van der Waals surface area (Å²) in [7, 11) is 4.29. The molecule has 5 nitrogen and oxygen atoms in total. The van der Waals surface area contributed by atoms with Gasteiger partial charge in [-0.15, -0.1) is 11.3 Å². The number of aryl methyl sites for hydroxylation is 1. The Hall–Kier alpha value is -1.37. The summed E-state index contributed by atoms with van der Waals surface area (Å²) in [5, 5.41) is 13.8. The van der Waals surface area contributed by atoms with Crippen LogP contribution in [0.2, 0.25) is 0 Å². The van der Waals surface area contributed by atoms with Gasteiger partial charge in [0.15, 0.2) is 0 Å². The van der Waals surface area contributed by atoms with E-state index in [9.17, 15) is 0 Å². The molecule has 0 fully saturated rings. The molecule has 0 saturated heterocycles. The highest BCUT2D eigenvalue weighted by Gasteiger charge is 2.20. The van der Waals surface area contributed by atoms with E-state index >= 15 is 0 Å². The van der Waals surface area contributed by atoms with E-state index in [1.54, 1.807) is 0 Å². The number of rotatable bonds is 6. The Kier molecular flexibility index (Phi) is 4.81. The first-order valence-electron chi connectivity index (χ1n) is 7.82. The maximum atomic E-state index is 4.53. The second-order valence-corrected chi connectivity index (χ2v) is 7.23. The molecule has 1 aliphatic rings. The first-order valence-corrected chi connectivity index (χ1v) is 8.70. The summed E-state index contributed by atoms with van der Waals surface area (Å²) in [6, 6.07) is 6.91. The molecule has 3 heterocycles. The van der Waals surface area contributed by atoms with E-state index in [1.807, 2.05) is 18.3 Å². The van der Waals surface area contributed by atoms with Crippen LogP contribution < -0.4 is 10.6 Å². The molecule has 0 bridgehead atoms. The molecule has 2 N–H and O–H groups in total. The first-order chi connectivity index (χ1) is 10.6. The van der Waals surface area contributed by atoms with E-state index in [0.717, 1.165) is 37.7 Å². The van der Waals surface area contributed by atoms with E-state index < -0.39 is 0 Å². The molecule has 22 heavy (non-hydrogen) atoms. The molecule has 2 atom stereocenters. The summed E-state index contributed by atoms with van der Waals surface area (Å²) in [5.41, 5.74) is 1.08. The van der Waals surface area contributed by atoms with Crippen molar-refractivity contribution in [2.75, 3.05) is 39.0 Å². The van der Waals surface area contributed by atoms with Crippen LogP contribution in [0.15, 0.2) is 23.6 Å². The number of hydrogen-bond acceptors (Lipinski definition) is 5. The second-order valence-electron chi connectivity index (χ2n) is 6.25. The van der Waals surface area contributed by atoms with E-state index in [4.69, 9.17) is 0 Å². The van der Waals surface area contributed by atoms with Gasteiger partial charge in [-0.3, -0.25) is 0 Å². The number of nitrogens with one attached hydrogen (secondary N) is 2. The lowest BCUT2D eigenvalue weighted by molar-refractivity contribution is 0.283. The number of fused-ring (bicyclic) bond motifs is 1. The van der Waals surface area contributed by atoms with Crippen molar-refractivity contribution in [1.82, 2.24) is 20.0 Å². The Bertz CT molecular complexity index is 590. The number of anilines is 1. The molecule has 0 amide bonds. The van der Waals surface area contributed by atoms with Crippen molar-refractivity contribution < 1.29 is 0 Å². The van der Waals surface area contributed by atoms with Crippen LogP contribution in [0.5, 0.6) is 0 Å². The molecular formula is C16H25N5S. The van der Waals surface area contributed by atoms with Crippen LogP contribution >= 0.6 is 11.3 Å². The molecule has 2 aromatic rings. The smallest absolute Gasteiger partial charge is 0.124 e. The molecule has 0 spiro atoms. The minimum absolute atomic E-state index is 0.444. The minimum Gasteiger partial charge on any atom is -0.370 e. The number of thiophene rings is 1. The Labute approximate surface area is 136 Å². The molecule has 6 heteroatoms. The third kappa shape index (κ3) is 3.51. The van der Waals surface area contributed by atoms with Crippen LogP contribution in [0.25, 0.3) is 0 Å². The van der Waals surface area contributed by atoms with Gasteiger partial charge in [-0.05, 0) is 32.5 Å². The number of likely N-dealkylation sites (N-methyl/N-ethyl adjacent to an activating group) is 1. The fourth-order valence-corrected chi connectivity index (χ4v) is 3.89. The number of nitrogens with zero attached hydrogens (tertiary/aromatic N) is 3. The quantitative estimate of drug-likeness (QED) is 0.857. The molecule has 0 aliphatic carbocycles. The van der Waals surface area contributed by atoms with Gasteiger partial charge in [-0.25, -0.2) is 4.68 Å². The lowest BCUT2D eigenvalue weighted by atomic mass is 10.1. The van der Waals surface area contributed by atoms with E-state index in [-0.39, 0.29) is 0 Å². The summed E-state index contributed by atoms with van der Waals surface area (Å²) in [4.78, 5) is 3.71. The first kappa shape index (κ1) is 15.5. The van der Waals surface area contributed by atoms with E-state index in [2.05, 4.69) is 63.0 Å². The van der Waals surface area contributed by atoms with Crippen molar-refractivity contribution in [1.29, 1.82) is 0 Å². The third-order valence-corrected chi connectivity index (χ3v) is 5.14. The molecule has 0 aromatic carbocycles. The zero-order chi connectivity index (χ0) is 15.5. The van der Waals surface area contributed by atoms with Crippen LogP contribution in [-0.4, -0.2) is 48.4 Å². The van der Waals surface area contributed by atoms with Gasteiger partial charge in [0.1, 0.15) is 5.82 Å². The lowest BCUT2D eigenvalue weighted by Gasteiger charge is -2.27. The highest BCUT2D eigenvalue weighted by atomic mass is 32.1. The summed E-state index contributed by atoms with van der Waals surface area (Å²) < 4.78 is 2.09. The number of aromatic nitrogens is 2. The van der Waals surface area contributed by atoms with Gasteiger partial charge >= 0.3 is 0 Å². The van der Waals surface area contributed by atoms with Crippen molar-refractivity contribution in [3.63, 3.8) is 0 Å². The SMILES string of the molecule is Cc1cc2n(n1)CC(CNCC(c1cccs1)N(C)C)CN2. The van der Waals surface area contributed by atoms with Crippen molar-refractivity contribution in [3.8, 4) is 0 Å². The van der Waals surface area contributed by atoms with Crippen molar-refractivity contribution in [2.24, 2.45) is 5.92 Å². The van der Waals surface area contributed by atoms with Crippen LogP contribution in [0, 0.1) is 12.8 Å². The molecule has 1 aliphatic heterocycles. The third-order valence-electron chi connectivity index (χ3n) is 4.17. The van der Waals surface area contributed by atoms with Gasteiger partial charge in [0.2, 0.25) is 0 Å². The van der Waals surface area contributed by atoms with Crippen LogP contribution in [0.1, 0.15) is 16.6 Å². The van der Waals surface area contributed by atoms with Gasteiger partial charge in [-0.1, -0.05) is 6.07 Å². The van der Waals surface area contributed by atoms with E-state index in [0.29, 0.717) is 12.0 Å². The standard InChI is InChI=1S/C16H25N5S/c1-12-7-16-18-9-13(11-21(16)19-12)8-17-10-14(20(2)3)15-5-4-6-22-15/h4-7,13-14,17-18H,8-11H2,1-3H3. The Morgan fingerprint density at radius 1 is 1.55 bits per heavy atom. The Balaban J connectivity index is 1.51. The van der Waals surface area contributed by atoms with E-state index in [1.165, 1.54) is 4.88 Å². The normalized spacial score (nSPS) is 19.0. The average Bonchev–Trinajstić information content (AvgIpc) is 3.10. The van der Waals surface area contributed by atoms with Crippen LogP contribution in [0.4, 0.5) is 5.82 Å². The molecule has 0 radical (unpaired) electrons. The Morgan fingerprint density at radius 3 is 3.14 bits per heavy atom. The summed E-state index contributed by atoms with van der Waals surface area (Å²) in [6.45, 7) is 6.05. The molecule has 0 saturated carbocycles. The average molecular weight is 319 g/mol. The predicted molar refractivity (Wildman–Crippen MR) is 92.6 cm³/mol. The maximum absolute atomic E-state index is 4.53. The maximum Gasteiger partial charge on any atom is 0.124 e. The Morgan fingerprint density at radius 2 is 2.41 bits per heavy atom. The van der Waals surface area contributed by atoms with Crippen molar-refractivity contribution >= 4 is 17.2 Å². The second kappa shape index (κ2) is 6.81. The zero-order valence-electron chi connectivity index (χ0n) is 13.5. The zero-order valence-corrected chi connectivity index (χ0v) is 14.4. The number of hydrogen-bond donors (Lipinski definition) is 2. The van der Waals surface area contributed by atoms with Crippen molar-refractivity contribution in [3.05, 3.63) is 34.2 Å². The fourth-order valence-electron chi connectivity index (χ4n) is 2.96. The van der Waals surface area contributed by atoms with Gasteiger partial charge in [-0.2, -0.15) is 5.10 Å². The summed E-state index contributed by atoms with van der Waals surface area (Å²) in [6.07, 6.45) is 0. The minimum atomic E-state index is 0.444. The van der Waals surface area contributed by atoms with Crippen LogP contribution in [-0.2, 0) is 6.54 Å². The highest BCUT2D eigenvalue weighted by molar-refractivity contribution is 7.10. The molecule has 2 aromatic heterocycles. The van der Waals surface area contributed by atoms with Gasteiger partial charge in [0.25, 0.3) is 0 Å². The summed E-state index contributed by atoms with van der Waals surface area (Å²) >= 11 is 1.83. The fraction of sp³-hybridized carbons (Fsp3) is 0.562. The summed E-state index contributed by atoms with van der Waals surface area (Å²) in [5.74, 6) is 1.73. The van der Waals surface area contributed by atoms with Gasteiger partial charge in [0.05, 0.1) is 11.7 Å². The van der Waals surface area contributed by atoms with Crippen molar-refractivity contribution in [2.45, 2.75) is 19.5 Å².